The zero-order valence-corrected chi connectivity index (χ0v) is 5.28. The Labute approximate surface area is 58.3 Å². The Morgan fingerprint density at radius 1 is 1.60 bits per heavy atom. The molecule has 0 fully saturated rings. The van der Waals surface area contributed by atoms with Crippen LogP contribution in [-0.4, -0.2) is 29.7 Å². The van der Waals surface area contributed by atoms with Crippen LogP contribution in [0.2, 0.25) is 0 Å². The summed E-state index contributed by atoms with van der Waals surface area (Å²) >= 11 is 0. The van der Waals surface area contributed by atoms with E-state index in [2.05, 4.69) is 4.74 Å². The minimum atomic E-state index is -1.52. The molecule has 0 saturated heterocycles. The fourth-order valence-electron chi connectivity index (χ4n) is 0.738. The average Bonchev–Trinajstić information content (AvgIpc) is 1.88. The van der Waals surface area contributed by atoms with Gasteiger partial charge in [0.05, 0.1) is 6.61 Å². The molecular formula is C5H7BO4. The van der Waals surface area contributed by atoms with Crippen LogP contribution in [0.25, 0.3) is 0 Å². The highest BCUT2D eigenvalue weighted by Gasteiger charge is 2.20. The van der Waals surface area contributed by atoms with E-state index in [1.807, 2.05) is 0 Å². The molecule has 1 aliphatic heterocycles. The second-order valence-electron chi connectivity index (χ2n) is 2.01. The van der Waals surface area contributed by atoms with Crippen molar-refractivity contribution in [3.05, 3.63) is 11.5 Å². The summed E-state index contributed by atoms with van der Waals surface area (Å²) in [5, 5.41) is 17.1. The van der Waals surface area contributed by atoms with Crippen molar-refractivity contribution in [3.63, 3.8) is 0 Å². The fourth-order valence-corrected chi connectivity index (χ4v) is 0.738. The van der Waals surface area contributed by atoms with Crippen molar-refractivity contribution in [1.82, 2.24) is 0 Å². The van der Waals surface area contributed by atoms with Gasteiger partial charge in [0, 0.05) is 12.5 Å². The van der Waals surface area contributed by atoms with Crippen molar-refractivity contribution in [2.45, 2.75) is 6.42 Å². The third kappa shape index (κ3) is 1.59. The molecule has 1 rings (SSSR count). The number of cyclic esters (lactones) is 1. The quantitative estimate of drug-likeness (QED) is 0.359. The van der Waals surface area contributed by atoms with Crippen LogP contribution in [-0.2, 0) is 9.53 Å². The van der Waals surface area contributed by atoms with Crippen LogP contribution in [0, 0.1) is 0 Å². The van der Waals surface area contributed by atoms with Gasteiger partial charge in [-0.25, -0.2) is 4.79 Å². The van der Waals surface area contributed by atoms with Crippen molar-refractivity contribution in [2.75, 3.05) is 6.61 Å². The molecule has 54 valence electrons. The summed E-state index contributed by atoms with van der Waals surface area (Å²) in [4.78, 5) is 10.5. The van der Waals surface area contributed by atoms with Gasteiger partial charge in [0.1, 0.15) is 0 Å². The molecule has 1 aliphatic rings. The summed E-state index contributed by atoms with van der Waals surface area (Å²) in [7, 11) is -1.52. The van der Waals surface area contributed by atoms with Crippen LogP contribution >= 0.6 is 0 Å². The Hall–Kier alpha value is -0.805. The summed E-state index contributed by atoms with van der Waals surface area (Å²) in [6.07, 6.45) is 1.51. The lowest BCUT2D eigenvalue weighted by Gasteiger charge is -2.11. The summed E-state index contributed by atoms with van der Waals surface area (Å²) in [6.45, 7) is 0.238. The van der Waals surface area contributed by atoms with Crippen LogP contribution in [0.3, 0.4) is 0 Å². The summed E-state index contributed by atoms with van der Waals surface area (Å²) in [5.74, 6) is -0.505. The smallest absolute Gasteiger partial charge is 0.462 e. The number of esters is 1. The van der Waals surface area contributed by atoms with E-state index < -0.39 is 13.1 Å². The molecule has 0 bridgehead atoms. The van der Waals surface area contributed by atoms with Crippen molar-refractivity contribution in [1.29, 1.82) is 0 Å². The molecule has 0 amide bonds. The van der Waals surface area contributed by atoms with E-state index in [-0.39, 0.29) is 6.61 Å². The molecule has 4 nitrogen and oxygen atoms in total. The predicted molar refractivity (Wildman–Crippen MR) is 33.9 cm³/mol. The van der Waals surface area contributed by atoms with Gasteiger partial charge in [0.15, 0.2) is 0 Å². The van der Waals surface area contributed by atoms with Crippen molar-refractivity contribution >= 4 is 13.1 Å². The van der Waals surface area contributed by atoms with E-state index in [1.165, 1.54) is 0 Å². The average molecular weight is 142 g/mol. The second-order valence-corrected chi connectivity index (χ2v) is 2.01. The van der Waals surface area contributed by atoms with Crippen molar-refractivity contribution in [2.24, 2.45) is 0 Å². The molecule has 0 aromatic heterocycles. The molecule has 0 aliphatic carbocycles. The van der Waals surface area contributed by atoms with E-state index in [0.717, 1.165) is 6.08 Å². The van der Waals surface area contributed by atoms with Gasteiger partial charge in [0.25, 0.3) is 0 Å². The topological polar surface area (TPSA) is 66.8 Å². The summed E-state index contributed by atoms with van der Waals surface area (Å²) in [5.41, 5.74) is 0.316. The van der Waals surface area contributed by atoms with E-state index in [1.54, 1.807) is 0 Å². The maximum absolute atomic E-state index is 10.5. The minimum absolute atomic E-state index is 0.238. The highest BCUT2D eigenvalue weighted by Crippen LogP contribution is 2.08. The van der Waals surface area contributed by atoms with E-state index in [4.69, 9.17) is 10.0 Å². The zero-order chi connectivity index (χ0) is 7.56. The van der Waals surface area contributed by atoms with Gasteiger partial charge in [-0.15, -0.1) is 0 Å². The van der Waals surface area contributed by atoms with Gasteiger partial charge >= 0.3 is 13.1 Å². The molecule has 0 unspecified atom stereocenters. The Morgan fingerprint density at radius 3 is 2.70 bits per heavy atom. The lowest BCUT2D eigenvalue weighted by Crippen LogP contribution is -2.22. The standard InChI is InChI=1S/C5H7BO4/c7-5-3-4(6(8)9)1-2-10-5/h3,8-9H,1-2H2. The first-order valence-corrected chi connectivity index (χ1v) is 2.93. The third-order valence-electron chi connectivity index (χ3n) is 1.27. The van der Waals surface area contributed by atoms with Crippen LogP contribution in [0.4, 0.5) is 0 Å². The maximum atomic E-state index is 10.5. The molecule has 1 heterocycles. The summed E-state index contributed by atoms with van der Waals surface area (Å²) < 4.78 is 4.52. The first-order chi connectivity index (χ1) is 4.70. The molecule has 2 N–H and O–H groups in total. The number of carbonyl (C=O) groups is 1. The van der Waals surface area contributed by atoms with E-state index >= 15 is 0 Å². The van der Waals surface area contributed by atoms with Gasteiger partial charge in [0.2, 0.25) is 0 Å². The first kappa shape index (κ1) is 7.30. The van der Waals surface area contributed by atoms with Crippen molar-refractivity contribution in [3.8, 4) is 0 Å². The van der Waals surface area contributed by atoms with E-state index in [9.17, 15) is 4.79 Å². The van der Waals surface area contributed by atoms with Crippen LogP contribution in [0.15, 0.2) is 11.5 Å². The third-order valence-corrected chi connectivity index (χ3v) is 1.27. The monoisotopic (exact) mass is 142 g/mol. The molecule has 0 aromatic rings. The second kappa shape index (κ2) is 2.85. The van der Waals surface area contributed by atoms with Gasteiger partial charge in [-0.05, 0) is 5.47 Å². The fraction of sp³-hybridized carbons (Fsp3) is 0.400. The molecule has 10 heavy (non-hydrogen) atoms. The largest absolute Gasteiger partial charge is 0.484 e. The lowest BCUT2D eigenvalue weighted by atomic mass is 9.77. The molecule has 0 spiro atoms. The number of hydrogen-bond acceptors (Lipinski definition) is 4. The molecular weight excluding hydrogens is 135 g/mol. The van der Waals surface area contributed by atoms with Crippen LogP contribution in [0.5, 0.6) is 0 Å². The molecule has 0 saturated carbocycles. The number of rotatable bonds is 1. The highest BCUT2D eigenvalue weighted by molar-refractivity contribution is 6.51. The van der Waals surface area contributed by atoms with Gasteiger partial charge in [-0.3, -0.25) is 0 Å². The van der Waals surface area contributed by atoms with Crippen LogP contribution < -0.4 is 0 Å². The van der Waals surface area contributed by atoms with Crippen molar-refractivity contribution < 1.29 is 19.6 Å². The van der Waals surface area contributed by atoms with Crippen LogP contribution in [0.1, 0.15) is 6.42 Å². The molecule has 0 atom stereocenters. The van der Waals surface area contributed by atoms with Gasteiger partial charge in [-0.1, -0.05) is 0 Å². The lowest BCUT2D eigenvalue weighted by molar-refractivity contribution is -0.138. The minimum Gasteiger partial charge on any atom is -0.462 e. The molecule has 5 heteroatoms. The SMILES string of the molecule is O=C1C=C(B(O)O)CCO1. The Balaban J connectivity index is 2.66. The number of carbonyl (C=O) groups excluding carboxylic acids is 1. The molecule has 0 aromatic carbocycles. The maximum Gasteiger partial charge on any atom is 0.484 e. The molecule has 0 radical (unpaired) electrons. The van der Waals surface area contributed by atoms with Gasteiger partial charge in [-0.2, -0.15) is 0 Å². The Kier molecular flexibility index (Phi) is 2.08. The number of ether oxygens (including phenoxy) is 1. The van der Waals surface area contributed by atoms with Gasteiger partial charge < -0.3 is 14.8 Å². The van der Waals surface area contributed by atoms with E-state index in [0.29, 0.717) is 11.9 Å². The normalized spacial score (nSPS) is 17.8. The summed E-state index contributed by atoms with van der Waals surface area (Å²) in [6, 6.07) is 0. The predicted octanol–water partition coefficient (Wildman–Crippen LogP) is -1.13. The Morgan fingerprint density at radius 2 is 2.30 bits per heavy atom. The Bertz CT molecular complexity index is 174. The first-order valence-electron chi connectivity index (χ1n) is 2.93. The number of hydrogen-bond donors (Lipinski definition) is 2. The zero-order valence-electron chi connectivity index (χ0n) is 5.28. The highest BCUT2D eigenvalue weighted by atomic mass is 16.5.